The topological polar surface area (TPSA) is 38.8 Å². The molecule has 0 aliphatic heterocycles. The summed E-state index contributed by atoms with van der Waals surface area (Å²) >= 11 is 7.37. The number of nitrogens with zero attached hydrogens (tertiary/aromatic N) is 1. The molecule has 0 saturated carbocycles. The van der Waals surface area contributed by atoms with Crippen LogP contribution in [0.4, 0.5) is 0 Å². The van der Waals surface area contributed by atoms with E-state index in [9.17, 15) is 4.79 Å². The maximum absolute atomic E-state index is 12.6. The highest BCUT2D eigenvalue weighted by Gasteiger charge is 2.20. The van der Waals surface area contributed by atoms with Crippen LogP contribution >= 0.6 is 22.9 Å². The largest absolute Gasteiger partial charge is 0.493 e. The third-order valence-electron chi connectivity index (χ3n) is 3.00. The minimum Gasteiger partial charge on any atom is -0.493 e. The summed E-state index contributed by atoms with van der Waals surface area (Å²) in [5, 5.41) is 0. The SMILES string of the molecule is COc1cccc(C(=O)N(C)Cc2ccc(Cl)s2)c1OC. The predicted molar refractivity (Wildman–Crippen MR) is 84.7 cm³/mol. The molecule has 0 spiro atoms. The van der Waals surface area contributed by atoms with E-state index in [-0.39, 0.29) is 5.91 Å². The molecule has 0 aliphatic rings. The molecule has 6 heteroatoms. The van der Waals surface area contributed by atoms with Crippen molar-refractivity contribution in [2.24, 2.45) is 0 Å². The van der Waals surface area contributed by atoms with E-state index in [1.54, 1.807) is 37.3 Å². The predicted octanol–water partition coefficient (Wildman–Crippen LogP) is 3.69. The van der Waals surface area contributed by atoms with Crippen molar-refractivity contribution in [1.82, 2.24) is 4.90 Å². The number of carbonyl (C=O) groups is 1. The Bertz CT molecular complexity index is 642. The fourth-order valence-electron chi connectivity index (χ4n) is 2.00. The summed E-state index contributed by atoms with van der Waals surface area (Å²) in [4.78, 5) is 15.2. The van der Waals surface area contributed by atoms with Crippen molar-refractivity contribution >= 4 is 28.8 Å². The average Bonchev–Trinajstić information content (AvgIpc) is 2.90. The molecule has 2 rings (SSSR count). The van der Waals surface area contributed by atoms with Gasteiger partial charge in [-0.15, -0.1) is 11.3 Å². The first kappa shape index (κ1) is 15.7. The second-order valence-corrected chi connectivity index (χ2v) is 6.21. The van der Waals surface area contributed by atoms with Gasteiger partial charge < -0.3 is 14.4 Å². The maximum Gasteiger partial charge on any atom is 0.257 e. The van der Waals surface area contributed by atoms with Crippen LogP contribution in [0.3, 0.4) is 0 Å². The standard InChI is InChI=1S/C15H16ClNO3S/c1-17(9-10-7-8-13(16)21-10)15(18)11-5-4-6-12(19-2)14(11)20-3/h4-8H,9H2,1-3H3. The van der Waals surface area contributed by atoms with Crippen LogP contribution in [-0.2, 0) is 6.54 Å². The van der Waals surface area contributed by atoms with Crippen molar-refractivity contribution < 1.29 is 14.3 Å². The zero-order valence-corrected chi connectivity index (χ0v) is 13.6. The first-order chi connectivity index (χ1) is 10.1. The van der Waals surface area contributed by atoms with E-state index in [4.69, 9.17) is 21.1 Å². The normalized spacial score (nSPS) is 10.3. The van der Waals surface area contributed by atoms with Crippen molar-refractivity contribution in [3.05, 3.63) is 45.1 Å². The van der Waals surface area contributed by atoms with Gasteiger partial charge in [-0.2, -0.15) is 0 Å². The minimum absolute atomic E-state index is 0.129. The monoisotopic (exact) mass is 325 g/mol. The van der Waals surface area contributed by atoms with E-state index in [2.05, 4.69) is 0 Å². The summed E-state index contributed by atoms with van der Waals surface area (Å²) in [6.07, 6.45) is 0. The molecular formula is C15H16ClNO3S. The van der Waals surface area contributed by atoms with Gasteiger partial charge in [0, 0.05) is 11.9 Å². The van der Waals surface area contributed by atoms with Crippen LogP contribution in [0.15, 0.2) is 30.3 Å². The van der Waals surface area contributed by atoms with E-state index in [1.165, 1.54) is 18.4 Å². The fraction of sp³-hybridized carbons (Fsp3) is 0.267. The zero-order chi connectivity index (χ0) is 15.4. The molecule has 0 N–H and O–H groups in total. The van der Waals surface area contributed by atoms with E-state index in [1.807, 2.05) is 12.1 Å². The fourth-order valence-corrected chi connectivity index (χ4v) is 3.14. The number of para-hydroxylation sites is 1. The highest BCUT2D eigenvalue weighted by Crippen LogP contribution is 2.32. The number of amides is 1. The lowest BCUT2D eigenvalue weighted by atomic mass is 10.1. The highest BCUT2D eigenvalue weighted by molar-refractivity contribution is 7.16. The van der Waals surface area contributed by atoms with Gasteiger partial charge in [-0.05, 0) is 24.3 Å². The number of benzene rings is 1. The molecule has 0 bridgehead atoms. The molecule has 0 aliphatic carbocycles. The smallest absolute Gasteiger partial charge is 0.257 e. The molecule has 0 saturated heterocycles. The van der Waals surface area contributed by atoms with Crippen molar-refractivity contribution in [3.8, 4) is 11.5 Å². The van der Waals surface area contributed by atoms with Gasteiger partial charge in [0.05, 0.1) is 30.7 Å². The molecule has 1 aromatic heterocycles. The molecule has 1 aromatic carbocycles. The van der Waals surface area contributed by atoms with Crippen molar-refractivity contribution in [2.45, 2.75) is 6.54 Å². The Morgan fingerprint density at radius 3 is 2.57 bits per heavy atom. The van der Waals surface area contributed by atoms with Gasteiger partial charge in [0.25, 0.3) is 5.91 Å². The minimum atomic E-state index is -0.129. The van der Waals surface area contributed by atoms with Crippen LogP contribution in [0.1, 0.15) is 15.2 Å². The molecule has 0 radical (unpaired) electrons. The second kappa shape index (κ2) is 6.83. The van der Waals surface area contributed by atoms with Crippen molar-refractivity contribution in [2.75, 3.05) is 21.3 Å². The quantitative estimate of drug-likeness (QED) is 0.841. The number of hydrogen-bond donors (Lipinski definition) is 0. The Kier molecular flexibility index (Phi) is 5.09. The van der Waals surface area contributed by atoms with Gasteiger partial charge in [0.1, 0.15) is 0 Å². The van der Waals surface area contributed by atoms with Gasteiger partial charge in [-0.1, -0.05) is 17.7 Å². The summed E-state index contributed by atoms with van der Waals surface area (Å²) in [6, 6.07) is 8.99. The van der Waals surface area contributed by atoms with Crippen LogP contribution in [-0.4, -0.2) is 32.1 Å². The van der Waals surface area contributed by atoms with E-state index < -0.39 is 0 Å². The Hall–Kier alpha value is -1.72. The van der Waals surface area contributed by atoms with Crippen LogP contribution in [0.25, 0.3) is 0 Å². The lowest BCUT2D eigenvalue weighted by Crippen LogP contribution is -2.26. The Labute approximate surface area is 132 Å². The van der Waals surface area contributed by atoms with Gasteiger partial charge in [0.2, 0.25) is 0 Å². The lowest BCUT2D eigenvalue weighted by Gasteiger charge is -2.19. The Morgan fingerprint density at radius 1 is 1.24 bits per heavy atom. The Morgan fingerprint density at radius 2 is 2.00 bits per heavy atom. The lowest BCUT2D eigenvalue weighted by molar-refractivity contribution is 0.0782. The molecule has 4 nitrogen and oxygen atoms in total. The molecule has 0 unspecified atom stereocenters. The third kappa shape index (κ3) is 3.49. The van der Waals surface area contributed by atoms with Crippen LogP contribution < -0.4 is 9.47 Å². The van der Waals surface area contributed by atoms with Crippen LogP contribution in [0, 0.1) is 0 Å². The number of halogens is 1. The first-order valence-electron chi connectivity index (χ1n) is 6.27. The molecule has 1 heterocycles. The summed E-state index contributed by atoms with van der Waals surface area (Å²) in [5.41, 5.74) is 0.474. The third-order valence-corrected chi connectivity index (χ3v) is 4.22. The zero-order valence-electron chi connectivity index (χ0n) is 12.1. The van der Waals surface area contributed by atoms with E-state index in [0.29, 0.717) is 27.9 Å². The first-order valence-corrected chi connectivity index (χ1v) is 7.47. The number of carbonyl (C=O) groups excluding carboxylic acids is 1. The van der Waals surface area contributed by atoms with Crippen LogP contribution in [0.2, 0.25) is 4.34 Å². The maximum atomic E-state index is 12.6. The van der Waals surface area contributed by atoms with Gasteiger partial charge in [-0.3, -0.25) is 4.79 Å². The van der Waals surface area contributed by atoms with Crippen molar-refractivity contribution in [3.63, 3.8) is 0 Å². The molecule has 112 valence electrons. The number of thiophene rings is 1. The molecule has 0 atom stereocenters. The number of ether oxygens (including phenoxy) is 2. The average molecular weight is 326 g/mol. The molecule has 0 fully saturated rings. The number of methoxy groups -OCH3 is 2. The highest BCUT2D eigenvalue weighted by atomic mass is 35.5. The second-order valence-electron chi connectivity index (χ2n) is 4.41. The Balaban J connectivity index is 2.23. The molecular weight excluding hydrogens is 310 g/mol. The molecule has 2 aromatic rings. The van der Waals surface area contributed by atoms with Crippen molar-refractivity contribution in [1.29, 1.82) is 0 Å². The number of hydrogen-bond acceptors (Lipinski definition) is 4. The van der Waals surface area contributed by atoms with Gasteiger partial charge in [0.15, 0.2) is 11.5 Å². The molecule has 21 heavy (non-hydrogen) atoms. The summed E-state index contributed by atoms with van der Waals surface area (Å²) in [7, 11) is 4.81. The molecule has 1 amide bonds. The van der Waals surface area contributed by atoms with E-state index >= 15 is 0 Å². The van der Waals surface area contributed by atoms with Crippen LogP contribution in [0.5, 0.6) is 11.5 Å². The summed E-state index contributed by atoms with van der Waals surface area (Å²) in [6.45, 7) is 0.497. The summed E-state index contributed by atoms with van der Waals surface area (Å²) < 4.78 is 11.2. The summed E-state index contributed by atoms with van der Waals surface area (Å²) in [5.74, 6) is 0.854. The van der Waals surface area contributed by atoms with Gasteiger partial charge in [-0.25, -0.2) is 0 Å². The van der Waals surface area contributed by atoms with E-state index in [0.717, 1.165) is 4.88 Å². The van der Waals surface area contributed by atoms with Gasteiger partial charge >= 0.3 is 0 Å². The number of rotatable bonds is 5.